The molecule has 0 atom stereocenters. The first-order chi connectivity index (χ1) is 22.3. The fourth-order valence-corrected chi connectivity index (χ4v) is 7.26. The molecule has 45 heavy (non-hydrogen) atoms. The molecule has 0 unspecified atom stereocenters. The highest BCUT2D eigenvalue weighted by molar-refractivity contribution is 6.24. The Balaban J connectivity index is 1.39. The number of hydrogen-bond acceptors (Lipinski definition) is 0. The molecule has 0 radical (unpaired) electrons. The van der Waals surface area contributed by atoms with Crippen molar-refractivity contribution in [1.29, 1.82) is 0 Å². The van der Waals surface area contributed by atoms with Crippen molar-refractivity contribution in [2.24, 2.45) is 0 Å². The van der Waals surface area contributed by atoms with Crippen LogP contribution >= 0.6 is 0 Å². The Morgan fingerprint density at radius 1 is 0.422 bits per heavy atom. The van der Waals surface area contributed by atoms with Crippen molar-refractivity contribution in [2.75, 3.05) is 0 Å². The van der Waals surface area contributed by atoms with Crippen LogP contribution in [0.3, 0.4) is 0 Å². The molecule has 0 N–H and O–H groups in total. The van der Waals surface area contributed by atoms with Crippen LogP contribution in [0, 0.1) is 6.57 Å². The van der Waals surface area contributed by atoms with Crippen LogP contribution in [0.1, 0.15) is 0 Å². The Morgan fingerprint density at radius 2 is 0.978 bits per heavy atom. The minimum absolute atomic E-state index is 0.648. The summed E-state index contributed by atoms with van der Waals surface area (Å²) in [6.07, 6.45) is 0. The Hall–Kier alpha value is -6.17. The first-order valence-electron chi connectivity index (χ1n) is 15.2. The molecular formula is C43H26N2. The lowest BCUT2D eigenvalue weighted by Crippen LogP contribution is -1.93. The van der Waals surface area contributed by atoms with E-state index in [9.17, 15) is 0 Å². The smallest absolute Gasteiger partial charge is 0.188 e. The van der Waals surface area contributed by atoms with Crippen molar-refractivity contribution in [1.82, 2.24) is 4.57 Å². The predicted molar refractivity (Wildman–Crippen MR) is 190 cm³/mol. The summed E-state index contributed by atoms with van der Waals surface area (Å²) in [5, 5.41) is 9.67. The third-order valence-corrected chi connectivity index (χ3v) is 9.17. The monoisotopic (exact) mass is 570 g/mol. The number of aromatic nitrogens is 1. The number of rotatable bonds is 3. The highest BCUT2D eigenvalue weighted by Gasteiger charge is 2.19. The molecule has 1 aromatic heterocycles. The first-order valence-corrected chi connectivity index (χ1v) is 15.2. The molecule has 9 rings (SSSR count). The SMILES string of the molecule is [C-]#[N+]c1ccc2c(c1)c1cc(-c3c4ccccc4c(-c4cccc5ccccc45)c4ccccc34)ccc1n2-c1ccccc1. The summed E-state index contributed by atoms with van der Waals surface area (Å²) in [5.74, 6) is 0. The van der Waals surface area contributed by atoms with Gasteiger partial charge in [0.1, 0.15) is 0 Å². The molecule has 0 saturated heterocycles. The van der Waals surface area contributed by atoms with E-state index < -0.39 is 0 Å². The van der Waals surface area contributed by atoms with E-state index >= 15 is 0 Å². The lowest BCUT2D eigenvalue weighted by atomic mass is 9.84. The third kappa shape index (κ3) is 3.81. The van der Waals surface area contributed by atoms with Gasteiger partial charge in [0.15, 0.2) is 5.69 Å². The van der Waals surface area contributed by atoms with Gasteiger partial charge in [0.2, 0.25) is 0 Å². The van der Waals surface area contributed by atoms with Crippen LogP contribution in [0.5, 0.6) is 0 Å². The summed E-state index contributed by atoms with van der Waals surface area (Å²) in [4.78, 5) is 3.77. The zero-order chi connectivity index (χ0) is 29.9. The highest BCUT2D eigenvalue weighted by atomic mass is 15.0. The second-order valence-electron chi connectivity index (χ2n) is 11.6. The van der Waals surface area contributed by atoms with Crippen molar-refractivity contribution in [3.63, 3.8) is 0 Å². The lowest BCUT2D eigenvalue weighted by Gasteiger charge is -2.19. The van der Waals surface area contributed by atoms with Crippen molar-refractivity contribution in [3.05, 3.63) is 169 Å². The third-order valence-electron chi connectivity index (χ3n) is 9.17. The van der Waals surface area contributed by atoms with Gasteiger partial charge in [-0.05, 0) is 96.4 Å². The van der Waals surface area contributed by atoms with Gasteiger partial charge < -0.3 is 4.57 Å². The van der Waals surface area contributed by atoms with Gasteiger partial charge in [0.25, 0.3) is 0 Å². The maximum Gasteiger partial charge on any atom is 0.188 e. The van der Waals surface area contributed by atoms with Crippen LogP contribution in [-0.2, 0) is 0 Å². The summed E-state index contributed by atoms with van der Waals surface area (Å²) in [5.41, 5.74) is 8.90. The Labute approximate surface area is 260 Å². The number of para-hydroxylation sites is 1. The van der Waals surface area contributed by atoms with E-state index in [0.717, 1.165) is 27.5 Å². The van der Waals surface area contributed by atoms with E-state index in [2.05, 4.69) is 149 Å². The largest absolute Gasteiger partial charge is 0.309 e. The van der Waals surface area contributed by atoms with Crippen LogP contribution in [-0.4, -0.2) is 4.57 Å². The first kappa shape index (κ1) is 25.3. The molecule has 2 nitrogen and oxygen atoms in total. The predicted octanol–water partition coefficient (Wildman–Crippen LogP) is 12.1. The molecule has 8 aromatic carbocycles. The molecule has 0 spiro atoms. The van der Waals surface area contributed by atoms with E-state index in [1.165, 1.54) is 54.6 Å². The minimum atomic E-state index is 0.648. The summed E-state index contributed by atoms with van der Waals surface area (Å²) >= 11 is 0. The van der Waals surface area contributed by atoms with Gasteiger partial charge in [-0.2, -0.15) is 0 Å². The average Bonchev–Trinajstić information content (AvgIpc) is 3.43. The average molecular weight is 571 g/mol. The number of benzene rings is 8. The van der Waals surface area contributed by atoms with Crippen LogP contribution < -0.4 is 0 Å². The molecule has 9 aromatic rings. The van der Waals surface area contributed by atoms with E-state index in [1.54, 1.807) is 0 Å². The maximum atomic E-state index is 7.71. The normalized spacial score (nSPS) is 11.5. The molecule has 208 valence electrons. The molecule has 0 aliphatic rings. The lowest BCUT2D eigenvalue weighted by molar-refractivity contribution is 1.18. The summed E-state index contributed by atoms with van der Waals surface area (Å²) in [6, 6.07) is 56.3. The van der Waals surface area contributed by atoms with Gasteiger partial charge in [-0.3, -0.25) is 0 Å². The number of nitrogens with zero attached hydrogens (tertiary/aromatic N) is 2. The maximum absolute atomic E-state index is 7.71. The molecular weight excluding hydrogens is 544 g/mol. The molecule has 2 heteroatoms. The van der Waals surface area contributed by atoms with Crippen molar-refractivity contribution in [3.8, 4) is 27.9 Å². The Kier molecular flexibility index (Phi) is 5.60. The molecule has 0 amide bonds. The number of fused-ring (bicyclic) bond motifs is 6. The second-order valence-corrected chi connectivity index (χ2v) is 11.6. The topological polar surface area (TPSA) is 9.29 Å². The van der Waals surface area contributed by atoms with E-state index in [4.69, 9.17) is 6.57 Å². The minimum Gasteiger partial charge on any atom is -0.309 e. The van der Waals surface area contributed by atoms with Gasteiger partial charge in [-0.15, -0.1) is 0 Å². The zero-order valence-corrected chi connectivity index (χ0v) is 24.4. The molecule has 0 saturated carbocycles. The van der Waals surface area contributed by atoms with Crippen LogP contribution in [0.25, 0.3) is 86.9 Å². The molecule has 0 aliphatic heterocycles. The summed E-state index contributed by atoms with van der Waals surface area (Å²) in [6.45, 7) is 7.71. The fourth-order valence-electron chi connectivity index (χ4n) is 7.26. The van der Waals surface area contributed by atoms with E-state index in [0.29, 0.717) is 5.69 Å². The molecule has 0 bridgehead atoms. The van der Waals surface area contributed by atoms with Crippen LogP contribution in [0.2, 0.25) is 0 Å². The van der Waals surface area contributed by atoms with Crippen molar-refractivity contribution >= 4 is 59.8 Å². The Bertz CT molecular complexity index is 2590. The number of hydrogen-bond donors (Lipinski definition) is 0. The van der Waals surface area contributed by atoms with Gasteiger partial charge in [-0.1, -0.05) is 121 Å². The van der Waals surface area contributed by atoms with E-state index in [-0.39, 0.29) is 0 Å². The van der Waals surface area contributed by atoms with Gasteiger partial charge in [0.05, 0.1) is 17.6 Å². The zero-order valence-electron chi connectivity index (χ0n) is 24.4. The van der Waals surface area contributed by atoms with Crippen molar-refractivity contribution < 1.29 is 0 Å². The molecule has 1 heterocycles. The molecule has 0 aliphatic carbocycles. The standard InChI is InChI=1S/C43H26N2/c1-44-30-23-25-41-39(27-30)38-26-29(22-24-40(38)45(41)31-14-3-2-4-15-31)42-34-17-7-9-19-36(34)43(37-20-10-8-18-35(37)42)33-21-11-13-28-12-5-6-16-32(28)33/h2-27H. The van der Waals surface area contributed by atoms with E-state index in [1.807, 2.05) is 18.2 Å². The summed E-state index contributed by atoms with van der Waals surface area (Å²) in [7, 11) is 0. The second kappa shape index (κ2) is 9.95. The van der Waals surface area contributed by atoms with Crippen molar-refractivity contribution in [2.45, 2.75) is 0 Å². The van der Waals surface area contributed by atoms with Gasteiger partial charge >= 0.3 is 0 Å². The van der Waals surface area contributed by atoms with Gasteiger partial charge in [-0.25, -0.2) is 4.85 Å². The van der Waals surface area contributed by atoms with Crippen LogP contribution in [0.15, 0.2) is 158 Å². The highest BCUT2D eigenvalue weighted by Crippen LogP contribution is 2.46. The molecule has 0 fully saturated rings. The quantitative estimate of drug-likeness (QED) is 0.148. The van der Waals surface area contributed by atoms with Crippen LogP contribution in [0.4, 0.5) is 5.69 Å². The fraction of sp³-hybridized carbons (Fsp3) is 0. The summed E-state index contributed by atoms with van der Waals surface area (Å²) < 4.78 is 2.31. The van der Waals surface area contributed by atoms with Gasteiger partial charge in [0, 0.05) is 11.1 Å². The Morgan fingerprint density at radius 3 is 1.67 bits per heavy atom.